The third kappa shape index (κ3) is 73.0. The molecule has 558 valence electrons. The Bertz CT molecular complexity index is 2250. The molecule has 0 fully saturated rings. The van der Waals surface area contributed by atoms with Crippen LogP contribution in [0.1, 0.15) is 303 Å². The van der Waals surface area contributed by atoms with Gasteiger partial charge in [-0.1, -0.05) is 296 Å². The number of esters is 3. The van der Waals surface area contributed by atoms with Gasteiger partial charge in [0, 0.05) is 19.3 Å². The van der Waals surface area contributed by atoms with E-state index < -0.39 is 91.5 Å². The van der Waals surface area contributed by atoms with Crippen molar-refractivity contribution in [1.29, 1.82) is 0 Å². The summed E-state index contributed by atoms with van der Waals surface area (Å²) in [5.74, 6) is -1.58. The highest BCUT2D eigenvalue weighted by Gasteiger charge is 2.29. The fraction of sp³-hybridized carbons (Fsp3) is 0.709. The molecular formula is C79H136O16P2. The summed E-state index contributed by atoms with van der Waals surface area (Å²) in [6, 6.07) is 0. The summed E-state index contributed by atoms with van der Waals surface area (Å²) in [4.78, 5) is 58.5. The van der Waals surface area contributed by atoms with Gasteiger partial charge in [0.25, 0.3) is 0 Å². The van der Waals surface area contributed by atoms with Gasteiger partial charge in [0.2, 0.25) is 0 Å². The number of ether oxygens (including phenoxy) is 3. The minimum atomic E-state index is -4.93. The van der Waals surface area contributed by atoms with Gasteiger partial charge in [-0.15, -0.1) is 0 Å². The Morgan fingerprint density at radius 1 is 0.299 bits per heavy atom. The summed E-state index contributed by atoms with van der Waals surface area (Å²) in [7, 11) is -9.78. The SMILES string of the molecule is CC/C=C\C/C=C\C/C=C\C/C=C\C/C=C\CCCCCCCCCCCC(=O)OCC(O)COP(=O)(O)OCC(O)COP(=O)(O)OCC(COC(=O)CCCCCCCCCCC/C=C\C/C=C\C/C=C\C/C=C\C/C=C\CC)OC(=O)CCCCCCCCCCCCC. The van der Waals surface area contributed by atoms with Crippen LogP contribution in [0.5, 0.6) is 0 Å². The standard InChI is InChI=1S/C79H136O16P2/c1-4-7-10-13-16-19-22-24-26-28-30-32-34-36-38-40-42-44-46-48-51-53-56-59-62-65-77(82)89-68-74(80)69-91-96(85,86)92-70-75(81)71-93-97(87,88)94-73-76(95-79(84)67-64-61-58-55-50-21-18-15-12-9-6-3)72-90-78(83)66-63-60-57-54-52-49-47-45-43-41-39-37-35-33-31-29-27-25-23-20-17-14-11-8-5-2/h7-8,10-11,16-17,19-20,24-27,30-33,36-39,74-76,80-81H,4-6,9,12-15,18,21-23,28-29,34-35,40-73H2,1-3H3,(H,85,86)(H,87,88)/b10-7-,11-8-,19-16-,20-17-,26-24-,27-25-,32-30-,33-31-,38-36-,39-37-. The Kier molecular flexibility index (Phi) is 68.8. The third-order valence-corrected chi connectivity index (χ3v) is 17.6. The van der Waals surface area contributed by atoms with E-state index >= 15 is 0 Å². The third-order valence-electron chi connectivity index (χ3n) is 15.7. The van der Waals surface area contributed by atoms with E-state index in [9.17, 15) is 43.5 Å². The zero-order valence-corrected chi connectivity index (χ0v) is 62.5. The van der Waals surface area contributed by atoms with Crippen molar-refractivity contribution in [2.45, 2.75) is 322 Å². The lowest BCUT2D eigenvalue weighted by atomic mass is 10.1. The van der Waals surface area contributed by atoms with Crippen LogP contribution in [0, 0.1) is 0 Å². The first-order valence-electron chi connectivity index (χ1n) is 37.8. The Hall–Kier alpha value is -4.05. The molecule has 0 aliphatic rings. The van der Waals surface area contributed by atoms with E-state index in [1.54, 1.807) is 0 Å². The van der Waals surface area contributed by atoms with E-state index in [4.69, 9.17) is 32.3 Å². The van der Waals surface area contributed by atoms with Crippen molar-refractivity contribution in [1.82, 2.24) is 0 Å². The molecule has 0 heterocycles. The van der Waals surface area contributed by atoms with Crippen LogP contribution in [0.25, 0.3) is 0 Å². The quantitative estimate of drug-likeness (QED) is 0.0146. The maximum absolute atomic E-state index is 12.9. The van der Waals surface area contributed by atoms with Crippen LogP contribution >= 0.6 is 15.6 Å². The van der Waals surface area contributed by atoms with E-state index in [0.29, 0.717) is 19.3 Å². The average molecular weight is 1400 g/mol. The number of carbonyl (C=O) groups excluding carboxylic acids is 3. The lowest BCUT2D eigenvalue weighted by Crippen LogP contribution is -2.30. The summed E-state index contributed by atoms with van der Waals surface area (Å²) in [6.45, 7) is 2.44. The normalized spacial score (nSPS) is 14.8. The molecule has 0 bridgehead atoms. The number of phosphoric ester groups is 2. The van der Waals surface area contributed by atoms with E-state index in [1.165, 1.54) is 89.9 Å². The molecule has 0 aromatic rings. The van der Waals surface area contributed by atoms with Crippen molar-refractivity contribution in [2.24, 2.45) is 0 Å². The topological polar surface area (TPSA) is 231 Å². The molecule has 0 aromatic heterocycles. The molecule has 18 heteroatoms. The molecule has 0 amide bonds. The number of allylic oxidation sites excluding steroid dienone is 20. The summed E-state index contributed by atoms with van der Waals surface area (Å²) in [5, 5.41) is 20.6. The number of rotatable bonds is 71. The highest BCUT2D eigenvalue weighted by atomic mass is 31.2. The summed E-state index contributed by atoms with van der Waals surface area (Å²) in [6.07, 6.45) is 83.9. The summed E-state index contributed by atoms with van der Waals surface area (Å²) in [5.41, 5.74) is 0. The van der Waals surface area contributed by atoms with Crippen molar-refractivity contribution in [3.05, 3.63) is 122 Å². The number of phosphoric acid groups is 2. The second-order valence-electron chi connectivity index (χ2n) is 25.0. The zero-order valence-electron chi connectivity index (χ0n) is 60.7. The molecule has 5 unspecified atom stereocenters. The second-order valence-corrected chi connectivity index (χ2v) is 28.0. The van der Waals surface area contributed by atoms with Crippen LogP contribution in [0.4, 0.5) is 0 Å². The molecule has 4 N–H and O–H groups in total. The number of carbonyl (C=O) groups is 3. The molecule has 5 atom stereocenters. The van der Waals surface area contributed by atoms with E-state index in [1.807, 2.05) is 0 Å². The van der Waals surface area contributed by atoms with Gasteiger partial charge in [-0.05, 0) is 109 Å². The van der Waals surface area contributed by atoms with Gasteiger partial charge in [0.1, 0.15) is 25.4 Å². The van der Waals surface area contributed by atoms with Crippen molar-refractivity contribution in [3.63, 3.8) is 0 Å². The lowest BCUT2D eigenvalue weighted by molar-refractivity contribution is -0.161. The molecule has 0 saturated heterocycles. The van der Waals surface area contributed by atoms with Gasteiger partial charge in [-0.3, -0.25) is 32.5 Å². The van der Waals surface area contributed by atoms with Crippen molar-refractivity contribution >= 4 is 33.6 Å². The molecule has 0 saturated carbocycles. The molecule has 0 aliphatic heterocycles. The molecule has 0 radical (unpaired) electrons. The van der Waals surface area contributed by atoms with Crippen LogP contribution in [0.2, 0.25) is 0 Å². The van der Waals surface area contributed by atoms with Crippen molar-refractivity contribution in [2.75, 3.05) is 39.6 Å². The van der Waals surface area contributed by atoms with Crippen molar-refractivity contribution in [3.8, 4) is 0 Å². The fourth-order valence-corrected chi connectivity index (χ4v) is 11.6. The number of hydrogen-bond donors (Lipinski definition) is 4. The first-order valence-corrected chi connectivity index (χ1v) is 40.8. The van der Waals surface area contributed by atoms with Crippen LogP contribution in [-0.2, 0) is 55.8 Å². The van der Waals surface area contributed by atoms with Gasteiger partial charge in [0.05, 0.1) is 26.4 Å². The molecule has 97 heavy (non-hydrogen) atoms. The van der Waals surface area contributed by atoms with Crippen molar-refractivity contribution < 1.29 is 75.8 Å². The predicted molar refractivity (Wildman–Crippen MR) is 399 cm³/mol. The Morgan fingerprint density at radius 3 is 0.866 bits per heavy atom. The molecular weight excluding hydrogens is 1270 g/mol. The van der Waals surface area contributed by atoms with Gasteiger partial charge in [0.15, 0.2) is 6.10 Å². The van der Waals surface area contributed by atoms with Gasteiger partial charge in [-0.2, -0.15) is 0 Å². The van der Waals surface area contributed by atoms with E-state index in [0.717, 1.165) is 154 Å². The summed E-state index contributed by atoms with van der Waals surface area (Å²) >= 11 is 0. The Balaban J connectivity index is 4.51. The first kappa shape index (κ1) is 93.0. The second kappa shape index (κ2) is 71.8. The monoisotopic (exact) mass is 1400 g/mol. The lowest BCUT2D eigenvalue weighted by Gasteiger charge is -2.21. The first-order chi connectivity index (χ1) is 47.2. The van der Waals surface area contributed by atoms with Crippen LogP contribution in [0.15, 0.2) is 122 Å². The molecule has 0 aliphatic carbocycles. The Labute approximate surface area is 589 Å². The fourth-order valence-electron chi connectivity index (χ4n) is 9.98. The molecule has 0 spiro atoms. The minimum absolute atomic E-state index is 0.104. The van der Waals surface area contributed by atoms with E-state index in [-0.39, 0.29) is 19.3 Å². The minimum Gasteiger partial charge on any atom is -0.463 e. The van der Waals surface area contributed by atoms with Gasteiger partial charge < -0.3 is 34.2 Å². The van der Waals surface area contributed by atoms with Crippen LogP contribution < -0.4 is 0 Å². The molecule has 0 aromatic carbocycles. The van der Waals surface area contributed by atoms with Gasteiger partial charge in [-0.25, -0.2) is 9.13 Å². The highest BCUT2D eigenvalue weighted by Crippen LogP contribution is 2.45. The zero-order chi connectivity index (χ0) is 70.9. The maximum Gasteiger partial charge on any atom is 0.472 e. The van der Waals surface area contributed by atoms with Crippen LogP contribution in [-0.4, -0.2) is 95.9 Å². The van der Waals surface area contributed by atoms with Crippen LogP contribution in [0.3, 0.4) is 0 Å². The predicted octanol–water partition coefficient (Wildman–Crippen LogP) is 21.8. The number of unbranched alkanes of at least 4 members (excludes halogenated alkanes) is 28. The van der Waals surface area contributed by atoms with Gasteiger partial charge >= 0.3 is 33.6 Å². The molecule has 16 nitrogen and oxygen atoms in total. The average Bonchev–Trinajstić information content (AvgIpc) is 1.85. The number of aliphatic hydroxyl groups excluding tert-OH is 2. The summed E-state index contributed by atoms with van der Waals surface area (Å²) < 4.78 is 61.0. The number of aliphatic hydroxyl groups is 2. The maximum atomic E-state index is 12.9. The number of hydrogen-bond acceptors (Lipinski definition) is 14. The smallest absolute Gasteiger partial charge is 0.463 e. The molecule has 0 rings (SSSR count). The highest BCUT2D eigenvalue weighted by molar-refractivity contribution is 7.47. The Morgan fingerprint density at radius 2 is 0.546 bits per heavy atom. The largest absolute Gasteiger partial charge is 0.472 e. The van der Waals surface area contributed by atoms with E-state index in [2.05, 4.69) is 142 Å².